The molecule has 0 spiro atoms. The van der Waals surface area contributed by atoms with Gasteiger partial charge in [0.15, 0.2) is 0 Å². The summed E-state index contributed by atoms with van der Waals surface area (Å²) in [7, 11) is -3.50. The quantitative estimate of drug-likeness (QED) is 0.600. The number of carbonyl (C=O) groups is 1. The van der Waals surface area contributed by atoms with E-state index in [2.05, 4.69) is 22.3 Å². The van der Waals surface area contributed by atoms with Gasteiger partial charge >= 0.3 is 0 Å². The van der Waals surface area contributed by atoms with Crippen LogP contribution in [0.15, 0.2) is 29.2 Å². The summed E-state index contributed by atoms with van der Waals surface area (Å²) in [4.78, 5) is 11.4. The minimum absolute atomic E-state index is 0.106. The van der Waals surface area contributed by atoms with Crippen LogP contribution in [0.1, 0.15) is 26.7 Å². The topological polar surface area (TPSA) is 87.3 Å². The lowest BCUT2D eigenvalue weighted by Crippen LogP contribution is -2.32. The van der Waals surface area contributed by atoms with Crippen LogP contribution in [0.4, 0.5) is 5.69 Å². The van der Waals surface area contributed by atoms with Crippen LogP contribution in [0.25, 0.3) is 0 Å². The number of amides is 1. The highest BCUT2D eigenvalue weighted by Crippen LogP contribution is 2.13. The minimum Gasteiger partial charge on any atom is -0.326 e. The summed E-state index contributed by atoms with van der Waals surface area (Å²) >= 11 is 0. The second-order valence-corrected chi connectivity index (χ2v) is 6.34. The van der Waals surface area contributed by atoms with Crippen molar-refractivity contribution in [2.45, 2.75) is 31.6 Å². The molecule has 118 valence electrons. The first-order chi connectivity index (χ1) is 9.99. The molecule has 1 amide bonds. The van der Waals surface area contributed by atoms with E-state index in [1.54, 1.807) is 19.1 Å². The molecule has 0 bridgehead atoms. The average Bonchev–Trinajstić information content (AvgIpc) is 2.47. The monoisotopic (exact) mass is 313 g/mol. The second-order valence-electron chi connectivity index (χ2n) is 4.57. The molecule has 1 aromatic carbocycles. The maximum absolute atomic E-state index is 12.0. The van der Waals surface area contributed by atoms with Gasteiger partial charge in [0.05, 0.1) is 4.90 Å². The molecule has 6 nitrogen and oxygen atoms in total. The highest BCUT2D eigenvalue weighted by molar-refractivity contribution is 7.89. The summed E-state index contributed by atoms with van der Waals surface area (Å²) in [6.45, 7) is 5.61. The fourth-order valence-corrected chi connectivity index (χ4v) is 2.66. The van der Waals surface area contributed by atoms with E-state index >= 15 is 0 Å². The van der Waals surface area contributed by atoms with Gasteiger partial charge in [-0.1, -0.05) is 13.8 Å². The van der Waals surface area contributed by atoms with E-state index in [-0.39, 0.29) is 10.8 Å². The Morgan fingerprint density at radius 3 is 2.29 bits per heavy atom. The van der Waals surface area contributed by atoms with E-state index in [9.17, 15) is 13.2 Å². The molecule has 0 atom stereocenters. The predicted molar refractivity (Wildman–Crippen MR) is 83.7 cm³/mol. The summed E-state index contributed by atoms with van der Waals surface area (Å²) in [6.07, 6.45) is 1.39. The van der Waals surface area contributed by atoms with Crippen LogP contribution in [0.5, 0.6) is 0 Å². The first-order valence-electron chi connectivity index (χ1n) is 7.10. The van der Waals surface area contributed by atoms with E-state index in [1.165, 1.54) is 12.1 Å². The third-order valence-electron chi connectivity index (χ3n) is 2.79. The summed E-state index contributed by atoms with van der Waals surface area (Å²) in [5.41, 5.74) is 0.588. The Kier molecular flexibility index (Phi) is 7.35. The second kappa shape index (κ2) is 8.76. The molecule has 0 saturated heterocycles. The number of hydrogen-bond acceptors (Lipinski definition) is 4. The summed E-state index contributed by atoms with van der Waals surface area (Å²) < 4.78 is 26.6. The van der Waals surface area contributed by atoms with Crippen molar-refractivity contribution in [2.75, 3.05) is 25.0 Å². The van der Waals surface area contributed by atoms with Crippen LogP contribution >= 0.6 is 0 Å². The van der Waals surface area contributed by atoms with Gasteiger partial charge in [-0.15, -0.1) is 0 Å². The largest absolute Gasteiger partial charge is 0.326 e. The molecule has 0 saturated carbocycles. The van der Waals surface area contributed by atoms with Crippen LogP contribution in [-0.2, 0) is 14.8 Å². The Hall–Kier alpha value is -1.44. The lowest BCUT2D eigenvalue weighted by atomic mass is 10.3. The van der Waals surface area contributed by atoms with Crippen molar-refractivity contribution in [3.63, 3.8) is 0 Å². The minimum atomic E-state index is -3.50. The number of sulfonamides is 1. The van der Waals surface area contributed by atoms with Gasteiger partial charge in [0.1, 0.15) is 0 Å². The van der Waals surface area contributed by atoms with Crippen molar-refractivity contribution in [3.05, 3.63) is 24.3 Å². The van der Waals surface area contributed by atoms with Gasteiger partial charge in [0.25, 0.3) is 0 Å². The maximum Gasteiger partial charge on any atom is 0.240 e. The number of hydrogen-bond donors (Lipinski definition) is 3. The molecule has 0 heterocycles. The average molecular weight is 313 g/mol. The smallest absolute Gasteiger partial charge is 0.240 e. The van der Waals surface area contributed by atoms with Gasteiger partial charge in [0, 0.05) is 25.2 Å². The third-order valence-corrected chi connectivity index (χ3v) is 4.27. The summed E-state index contributed by atoms with van der Waals surface area (Å²) in [5.74, 6) is -0.106. The first kappa shape index (κ1) is 17.6. The number of rotatable bonds is 9. The molecule has 0 radical (unpaired) electrons. The van der Waals surface area contributed by atoms with E-state index in [1.807, 2.05) is 0 Å². The molecular weight excluding hydrogens is 290 g/mol. The molecule has 0 aliphatic heterocycles. The maximum atomic E-state index is 12.0. The fourth-order valence-electron chi connectivity index (χ4n) is 1.63. The highest BCUT2D eigenvalue weighted by atomic mass is 32.2. The van der Waals surface area contributed by atoms with Crippen molar-refractivity contribution in [2.24, 2.45) is 0 Å². The molecule has 3 N–H and O–H groups in total. The highest BCUT2D eigenvalue weighted by Gasteiger charge is 2.13. The number of benzene rings is 1. The number of nitrogens with one attached hydrogen (secondary N) is 3. The Labute approximate surface area is 126 Å². The molecule has 1 rings (SSSR count). The molecule has 0 aliphatic carbocycles. The van der Waals surface area contributed by atoms with E-state index in [0.29, 0.717) is 25.2 Å². The molecule has 21 heavy (non-hydrogen) atoms. The predicted octanol–water partition coefficient (Wildman–Crippen LogP) is 1.31. The Morgan fingerprint density at radius 1 is 1.05 bits per heavy atom. The molecule has 1 aromatic rings. The van der Waals surface area contributed by atoms with Crippen LogP contribution in [0, 0.1) is 0 Å². The number of anilines is 1. The van der Waals surface area contributed by atoms with E-state index in [4.69, 9.17) is 0 Å². The zero-order valence-corrected chi connectivity index (χ0v) is 13.3. The van der Waals surface area contributed by atoms with Gasteiger partial charge in [-0.3, -0.25) is 4.79 Å². The molecule has 0 aliphatic rings. The Bertz CT molecular complexity index is 541. The molecule has 0 fully saturated rings. The van der Waals surface area contributed by atoms with Crippen molar-refractivity contribution < 1.29 is 13.2 Å². The van der Waals surface area contributed by atoms with Crippen LogP contribution < -0.4 is 15.4 Å². The summed E-state index contributed by atoms with van der Waals surface area (Å²) in [5, 5.41) is 5.79. The van der Waals surface area contributed by atoms with Gasteiger partial charge in [-0.2, -0.15) is 0 Å². The normalized spacial score (nSPS) is 11.3. The van der Waals surface area contributed by atoms with Gasteiger partial charge in [-0.25, -0.2) is 13.1 Å². The van der Waals surface area contributed by atoms with Crippen molar-refractivity contribution in [1.82, 2.24) is 10.0 Å². The standard InChI is InChI=1S/C14H23N3O3S/c1-3-9-15-10-11-16-21(19,20)13-7-5-12(6-8-13)17-14(18)4-2/h5-8,15-16H,3-4,9-11H2,1-2H3,(H,17,18). The van der Waals surface area contributed by atoms with Crippen molar-refractivity contribution >= 4 is 21.6 Å². The van der Waals surface area contributed by atoms with Gasteiger partial charge in [0.2, 0.25) is 15.9 Å². The van der Waals surface area contributed by atoms with E-state index in [0.717, 1.165) is 13.0 Å². The zero-order valence-electron chi connectivity index (χ0n) is 12.5. The van der Waals surface area contributed by atoms with Crippen LogP contribution in [0.2, 0.25) is 0 Å². The van der Waals surface area contributed by atoms with Crippen molar-refractivity contribution in [3.8, 4) is 0 Å². The van der Waals surface area contributed by atoms with Gasteiger partial charge < -0.3 is 10.6 Å². The van der Waals surface area contributed by atoms with Gasteiger partial charge in [-0.05, 0) is 37.2 Å². The lowest BCUT2D eigenvalue weighted by molar-refractivity contribution is -0.115. The Balaban J connectivity index is 2.56. The molecule has 7 heteroatoms. The lowest BCUT2D eigenvalue weighted by Gasteiger charge is -2.08. The van der Waals surface area contributed by atoms with E-state index < -0.39 is 10.0 Å². The third kappa shape index (κ3) is 6.24. The summed E-state index contributed by atoms with van der Waals surface area (Å²) in [6, 6.07) is 6.12. The fraction of sp³-hybridized carbons (Fsp3) is 0.500. The Morgan fingerprint density at radius 2 is 1.71 bits per heavy atom. The SMILES string of the molecule is CCCNCCNS(=O)(=O)c1ccc(NC(=O)CC)cc1. The molecule has 0 aromatic heterocycles. The van der Waals surface area contributed by atoms with Crippen molar-refractivity contribution in [1.29, 1.82) is 0 Å². The number of carbonyl (C=O) groups excluding carboxylic acids is 1. The first-order valence-corrected chi connectivity index (χ1v) is 8.58. The zero-order chi connectivity index (χ0) is 15.7. The van der Waals surface area contributed by atoms with Crippen LogP contribution in [-0.4, -0.2) is 34.0 Å². The molecular formula is C14H23N3O3S. The molecule has 0 unspecified atom stereocenters. The van der Waals surface area contributed by atoms with Crippen LogP contribution in [0.3, 0.4) is 0 Å².